The van der Waals surface area contributed by atoms with Crippen LogP contribution in [0, 0.1) is 0 Å². The predicted octanol–water partition coefficient (Wildman–Crippen LogP) is 3.45. The fourth-order valence-corrected chi connectivity index (χ4v) is 2.73. The largest absolute Gasteiger partial charge is 0.316 e. The summed E-state index contributed by atoms with van der Waals surface area (Å²) >= 11 is 5.70. The first-order valence-electron chi connectivity index (χ1n) is 4.03. The molecule has 3 unspecified atom stereocenters. The van der Waals surface area contributed by atoms with Gasteiger partial charge in [0.25, 0.3) is 7.73 Å². The summed E-state index contributed by atoms with van der Waals surface area (Å²) in [6, 6.07) is 0. The summed E-state index contributed by atoms with van der Waals surface area (Å²) in [6.07, 6.45) is 3.89. The smallest absolute Gasteiger partial charge is 0.277 e. The minimum atomic E-state index is -1.09. The zero-order valence-corrected chi connectivity index (χ0v) is 8.57. The summed E-state index contributed by atoms with van der Waals surface area (Å²) in [7, 11) is -1.09. The van der Waals surface area contributed by atoms with E-state index in [2.05, 4.69) is 6.92 Å². The maximum absolute atomic E-state index is 5.70. The molecule has 0 aromatic heterocycles. The Hall–Kier alpha value is 0.640. The first kappa shape index (κ1) is 9.73. The quantitative estimate of drug-likeness (QED) is 0.644. The Balaban J connectivity index is 2.23. The van der Waals surface area contributed by atoms with Crippen LogP contribution in [0.1, 0.15) is 33.1 Å². The second kappa shape index (κ2) is 4.61. The zero-order chi connectivity index (χ0) is 8.27. The van der Waals surface area contributed by atoms with Crippen molar-refractivity contribution in [1.82, 2.24) is 0 Å². The molecule has 66 valence electrons. The maximum atomic E-state index is 5.70. The molecule has 0 aromatic carbocycles. The van der Waals surface area contributed by atoms with Gasteiger partial charge in [-0.3, -0.25) is 0 Å². The van der Waals surface area contributed by atoms with Gasteiger partial charge in [0.05, 0.1) is 12.2 Å². The van der Waals surface area contributed by atoms with Gasteiger partial charge in [0, 0.05) is 0 Å². The minimum absolute atomic E-state index is 0.185. The highest BCUT2D eigenvalue weighted by Crippen LogP contribution is 2.53. The van der Waals surface area contributed by atoms with Crippen LogP contribution in [0.25, 0.3) is 0 Å². The molecular weight excluding hydrogens is 183 g/mol. The van der Waals surface area contributed by atoms with Gasteiger partial charge in [0.15, 0.2) is 0 Å². The third-order valence-corrected chi connectivity index (χ3v) is 3.25. The van der Waals surface area contributed by atoms with E-state index >= 15 is 0 Å². The van der Waals surface area contributed by atoms with Crippen molar-refractivity contribution in [2.45, 2.75) is 45.3 Å². The monoisotopic (exact) mass is 196 g/mol. The van der Waals surface area contributed by atoms with Crippen LogP contribution in [-0.4, -0.2) is 12.2 Å². The molecule has 3 atom stereocenters. The van der Waals surface area contributed by atoms with Crippen LogP contribution >= 0.6 is 19.0 Å². The Morgan fingerprint density at radius 1 is 1.45 bits per heavy atom. The molecule has 0 amide bonds. The van der Waals surface area contributed by atoms with Crippen LogP contribution in [0.4, 0.5) is 0 Å². The molecule has 1 aliphatic rings. The standard InChI is InChI=1S/C7H14ClO2P/c1-3-4-5-7-6(2)9-11(8)10-7/h6-7H,3-5H2,1-2H3. The van der Waals surface area contributed by atoms with Crippen molar-refractivity contribution in [3.8, 4) is 0 Å². The highest BCUT2D eigenvalue weighted by molar-refractivity contribution is 7.76. The average molecular weight is 197 g/mol. The lowest BCUT2D eigenvalue weighted by Crippen LogP contribution is -2.18. The van der Waals surface area contributed by atoms with Crippen LogP contribution in [0.3, 0.4) is 0 Å². The van der Waals surface area contributed by atoms with E-state index < -0.39 is 7.73 Å². The Bertz CT molecular complexity index is 123. The van der Waals surface area contributed by atoms with Crippen molar-refractivity contribution in [2.75, 3.05) is 0 Å². The molecule has 11 heavy (non-hydrogen) atoms. The van der Waals surface area contributed by atoms with Crippen molar-refractivity contribution < 1.29 is 9.05 Å². The van der Waals surface area contributed by atoms with E-state index in [1.54, 1.807) is 0 Å². The van der Waals surface area contributed by atoms with Crippen molar-refractivity contribution >= 4 is 19.0 Å². The Morgan fingerprint density at radius 3 is 2.64 bits per heavy atom. The number of unbranched alkanes of at least 4 members (excludes halogenated alkanes) is 1. The zero-order valence-electron chi connectivity index (χ0n) is 6.92. The summed E-state index contributed by atoms with van der Waals surface area (Å²) < 4.78 is 10.7. The fourth-order valence-electron chi connectivity index (χ4n) is 1.11. The molecule has 0 saturated carbocycles. The van der Waals surface area contributed by atoms with Crippen molar-refractivity contribution in [3.05, 3.63) is 0 Å². The minimum Gasteiger partial charge on any atom is -0.316 e. The van der Waals surface area contributed by atoms with Crippen molar-refractivity contribution in [2.24, 2.45) is 0 Å². The molecule has 0 aliphatic carbocycles. The highest BCUT2D eigenvalue weighted by atomic mass is 35.7. The normalized spacial score (nSPS) is 37.9. The third-order valence-electron chi connectivity index (χ3n) is 1.83. The van der Waals surface area contributed by atoms with E-state index in [9.17, 15) is 0 Å². The SMILES string of the molecule is CCCCC1OP(Cl)OC1C. The number of hydrogen-bond acceptors (Lipinski definition) is 2. The lowest BCUT2D eigenvalue weighted by Gasteiger charge is -2.09. The molecule has 4 heteroatoms. The summed E-state index contributed by atoms with van der Waals surface area (Å²) in [5.74, 6) is 0. The number of rotatable bonds is 3. The van der Waals surface area contributed by atoms with Crippen molar-refractivity contribution in [3.63, 3.8) is 0 Å². The first-order valence-corrected chi connectivity index (χ1v) is 6.11. The molecule has 0 N–H and O–H groups in total. The van der Waals surface area contributed by atoms with E-state index in [1.807, 2.05) is 6.92 Å². The van der Waals surface area contributed by atoms with Crippen LogP contribution in [0.2, 0.25) is 0 Å². The summed E-state index contributed by atoms with van der Waals surface area (Å²) in [5.41, 5.74) is 0. The first-order chi connectivity index (χ1) is 5.24. The second-order valence-electron chi connectivity index (χ2n) is 2.81. The van der Waals surface area contributed by atoms with Crippen LogP contribution in [-0.2, 0) is 9.05 Å². The van der Waals surface area contributed by atoms with E-state index in [0.29, 0.717) is 0 Å². The second-order valence-corrected chi connectivity index (χ2v) is 4.48. The number of hydrogen-bond donors (Lipinski definition) is 0. The molecule has 0 aromatic rings. The van der Waals surface area contributed by atoms with Gasteiger partial charge in [0.1, 0.15) is 0 Å². The van der Waals surface area contributed by atoms with Gasteiger partial charge < -0.3 is 9.05 Å². The summed E-state index contributed by atoms with van der Waals surface area (Å²) in [5, 5.41) is 0. The van der Waals surface area contributed by atoms with Crippen molar-refractivity contribution in [1.29, 1.82) is 0 Å². The van der Waals surface area contributed by atoms with Gasteiger partial charge in [-0.05, 0) is 24.6 Å². The van der Waals surface area contributed by atoms with E-state index in [-0.39, 0.29) is 12.2 Å². The maximum Gasteiger partial charge on any atom is 0.277 e. The summed E-state index contributed by atoms with van der Waals surface area (Å²) in [6.45, 7) is 4.19. The topological polar surface area (TPSA) is 18.5 Å². The van der Waals surface area contributed by atoms with Gasteiger partial charge in [-0.15, -0.1) is 0 Å². The Morgan fingerprint density at radius 2 is 2.18 bits per heavy atom. The van der Waals surface area contributed by atoms with Gasteiger partial charge >= 0.3 is 0 Å². The predicted molar refractivity (Wildman–Crippen MR) is 47.7 cm³/mol. The molecule has 1 fully saturated rings. The van der Waals surface area contributed by atoms with Gasteiger partial charge in [-0.25, -0.2) is 0 Å². The van der Waals surface area contributed by atoms with E-state index in [0.717, 1.165) is 6.42 Å². The Kier molecular flexibility index (Phi) is 4.08. The lowest BCUT2D eigenvalue weighted by molar-refractivity contribution is 0.159. The van der Waals surface area contributed by atoms with Gasteiger partial charge in [-0.1, -0.05) is 19.8 Å². The molecule has 1 rings (SSSR count). The van der Waals surface area contributed by atoms with Crippen LogP contribution in [0.5, 0.6) is 0 Å². The molecule has 1 heterocycles. The average Bonchev–Trinajstić information content (AvgIpc) is 2.26. The molecule has 0 radical (unpaired) electrons. The molecule has 0 bridgehead atoms. The van der Waals surface area contributed by atoms with Crippen LogP contribution in [0.15, 0.2) is 0 Å². The fraction of sp³-hybridized carbons (Fsp3) is 1.00. The Labute approximate surface area is 73.9 Å². The molecule has 1 saturated heterocycles. The molecule has 1 aliphatic heterocycles. The highest BCUT2D eigenvalue weighted by Gasteiger charge is 2.31. The van der Waals surface area contributed by atoms with E-state index in [1.165, 1.54) is 12.8 Å². The third kappa shape index (κ3) is 2.87. The molecular formula is C7H14ClO2P. The molecule has 0 spiro atoms. The van der Waals surface area contributed by atoms with E-state index in [4.69, 9.17) is 20.3 Å². The van der Waals surface area contributed by atoms with Crippen LogP contribution < -0.4 is 0 Å². The number of halogens is 1. The lowest BCUT2D eigenvalue weighted by atomic mass is 10.1. The van der Waals surface area contributed by atoms with Gasteiger partial charge in [-0.2, -0.15) is 0 Å². The molecule has 2 nitrogen and oxygen atoms in total. The summed E-state index contributed by atoms with van der Waals surface area (Å²) in [4.78, 5) is 0. The van der Waals surface area contributed by atoms with Gasteiger partial charge in [0.2, 0.25) is 0 Å².